The standard InChI is InChI=1S/C20H25N3O5S3/c1-2-28-20(25)18-14-5-3-6-15(14)30-19(18)21-16(24)13-22-8-10-23(11-9-22)31(26,27)17-7-4-12-29-17/h4,7,12H,2-3,5-6,8-11,13H2,1H3,(H,21,24). The summed E-state index contributed by atoms with van der Waals surface area (Å²) in [4.78, 5) is 28.2. The summed E-state index contributed by atoms with van der Waals surface area (Å²) in [6, 6.07) is 3.34. The fraction of sp³-hybridized carbons (Fsp3) is 0.500. The average Bonchev–Trinajstić information content (AvgIpc) is 3.46. The van der Waals surface area contributed by atoms with Crippen molar-refractivity contribution in [2.45, 2.75) is 30.4 Å². The predicted octanol–water partition coefficient (Wildman–Crippen LogP) is 2.42. The Morgan fingerprint density at radius 3 is 2.65 bits per heavy atom. The summed E-state index contributed by atoms with van der Waals surface area (Å²) < 4.78 is 32.3. The van der Waals surface area contributed by atoms with Gasteiger partial charge in [0.15, 0.2) is 0 Å². The van der Waals surface area contributed by atoms with Crippen molar-refractivity contribution < 1.29 is 22.7 Å². The van der Waals surface area contributed by atoms with E-state index in [1.54, 1.807) is 24.4 Å². The van der Waals surface area contributed by atoms with Crippen molar-refractivity contribution in [2.75, 3.05) is 44.6 Å². The molecule has 1 aliphatic heterocycles. The number of sulfonamides is 1. The number of piperazine rings is 1. The highest BCUT2D eigenvalue weighted by Crippen LogP contribution is 2.39. The molecule has 1 aliphatic carbocycles. The summed E-state index contributed by atoms with van der Waals surface area (Å²) in [5, 5.41) is 5.21. The van der Waals surface area contributed by atoms with Crippen LogP contribution < -0.4 is 5.32 Å². The Labute approximate surface area is 189 Å². The number of fused-ring (bicyclic) bond motifs is 1. The van der Waals surface area contributed by atoms with Gasteiger partial charge in [-0.25, -0.2) is 13.2 Å². The van der Waals surface area contributed by atoms with Gasteiger partial charge in [-0.3, -0.25) is 9.69 Å². The van der Waals surface area contributed by atoms with Crippen LogP contribution in [0.15, 0.2) is 21.7 Å². The normalized spacial score (nSPS) is 17.5. The Kier molecular flexibility index (Phi) is 6.77. The highest BCUT2D eigenvalue weighted by molar-refractivity contribution is 7.91. The number of hydrogen-bond donors (Lipinski definition) is 1. The van der Waals surface area contributed by atoms with Gasteiger partial charge in [0.05, 0.1) is 18.7 Å². The average molecular weight is 484 g/mol. The van der Waals surface area contributed by atoms with Gasteiger partial charge < -0.3 is 10.1 Å². The quantitative estimate of drug-likeness (QED) is 0.608. The van der Waals surface area contributed by atoms with Crippen LogP contribution in [0.4, 0.5) is 5.00 Å². The number of ether oxygens (including phenoxy) is 1. The molecule has 4 rings (SSSR count). The van der Waals surface area contributed by atoms with Gasteiger partial charge >= 0.3 is 5.97 Å². The van der Waals surface area contributed by atoms with Crippen LogP contribution in [-0.4, -0.2) is 68.8 Å². The molecule has 1 fully saturated rings. The molecular formula is C20H25N3O5S3. The first kappa shape index (κ1) is 22.4. The Bertz CT molecular complexity index is 1050. The van der Waals surface area contributed by atoms with Crippen LogP contribution in [-0.2, 0) is 32.4 Å². The molecule has 31 heavy (non-hydrogen) atoms. The second-order valence-corrected chi connectivity index (χ2v) is 11.7. The van der Waals surface area contributed by atoms with Gasteiger partial charge in [0.1, 0.15) is 9.21 Å². The molecular weight excluding hydrogens is 458 g/mol. The first-order chi connectivity index (χ1) is 14.9. The third-order valence-corrected chi connectivity index (χ3v) is 9.92. The summed E-state index contributed by atoms with van der Waals surface area (Å²) in [6.45, 7) is 3.84. The van der Waals surface area contributed by atoms with Crippen LogP contribution in [0.3, 0.4) is 0 Å². The number of carbonyl (C=O) groups is 2. The zero-order valence-electron chi connectivity index (χ0n) is 17.3. The van der Waals surface area contributed by atoms with E-state index in [0.29, 0.717) is 41.0 Å². The van der Waals surface area contributed by atoms with Gasteiger partial charge in [0, 0.05) is 31.1 Å². The topological polar surface area (TPSA) is 96.0 Å². The van der Waals surface area contributed by atoms with Crippen LogP contribution in [0.1, 0.15) is 34.1 Å². The monoisotopic (exact) mass is 483 g/mol. The molecule has 0 bridgehead atoms. The Morgan fingerprint density at radius 2 is 1.97 bits per heavy atom. The number of hydrogen-bond acceptors (Lipinski definition) is 8. The molecule has 0 atom stereocenters. The molecule has 2 aromatic rings. The molecule has 168 valence electrons. The number of thiophene rings is 2. The predicted molar refractivity (Wildman–Crippen MR) is 120 cm³/mol. The van der Waals surface area contributed by atoms with E-state index < -0.39 is 10.0 Å². The van der Waals surface area contributed by atoms with Crippen LogP contribution >= 0.6 is 22.7 Å². The van der Waals surface area contributed by atoms with E-state index in [0.717, 1.165) is 29.7 Å². The van der Waals surface area contributed by atoms with Gasteiger partial charge in [0.2, 0.25) is 5.91 Å². The van der Waals surface area contributed by atoms with Gasteiger partial charge in [-0.2, -0.15) is 4.31 Å². The van der Waals surface area contributed by atoms with Crippen LogP contribution in [0.25, 0.3) is 0 Å². The van der Waals surface area contributed by atoms with Crippen LogP contribution in [0.5, 0.6) is 0 Å². The van der Waals surface area contributed by atoms with Gasteiger partial charge in [-0.05, 0) is 43.2 Å². The lowest BCUT2D eigenvalue weighted by Crippen LogP contribution is -2.50. The number of aryl methyl sites for hydroxylation is 1. The maximum atomic E-state index is 12.7. The molecule has 0 aromatic carbocycles. The first-order valence-corrected chi connectivity index (χ1v) is 13.4. The van der Waals surface area contributed by atoms with Crippen LogP contribution in [0.2, 0.25) is 0 Å². The summed E-state index contributed by atoms with van der Waals surface area (Å²) in [7, 11) is -3.46. The van der Waals surface area contributed by atoms with E-state index in [1.807, 2.05) is 4.90 Å². The first-order valence-electron chi connectivity index (χ1n) is 10.3. The zero-order valence-corrected chi connectivity index (χ0v) is 19.7. The number of rotatable bonds is 7. The van der Waals surface area contributed by atoms with E-state index in [-0.39, 0.29) is 25.0 Å². The molecule has 0 radical (unpaired) electrons. The summed E-state index contributed by atoms with van der Waals surface area (Å²) in [6.07, 6.45) is 2.76. The molecule has 1 saturated heterocycles. The summed E-state index contributed by atoms with van der Waals surface area (Å²) in [5.74, 6) is -0.593. The Morgan fingerprint density at radius 1 is 1.19 bits per heavy atom. The maximum Gasteiger partial charge on any atom is 0.341 e. The number of amides is 1. The molecule has 1 amide bonds. The molecule has 0 saturated carbocycles. The molecule has 3 heterocycles. The number of nitrogens with one attached hydrogen (secondary N) is 1. The van der Waals surface area contributed by atoms with Gasteiger partial charge in [-0.15, -0.1) is 22.7 Å². The third kappa shape index (κ3) is 4.70. The lowest BCUT2D eigenvalue weighted by Gasteiger charge is -2.33. The van der Waals surface area contributed by atoms with Gasteiger partial charge in [0.25, 0.3) is 10.0 Å². The van der Waals surface area contributed by atoms with Crippen molar-refractivity contribution in [2.24, 2.45) is 0 Å². The Hall–Kier alpha value is -1.79. The molecule has 1 N–H and O–H groups in total. The van der Waals surface area contributed by atoms with Crippen molar-refractivity contribution in [1.29, 1.82) is 0 Å². The third-order valence-electron chi connectivity index (χ3n) is 5.44. The minimum atomic E-state index is -3.46. The fourth-order valence-electron chi connectivity index (χ4n) is 3.95. The van der Waals surface area contributed by atoms with E-state index in [1.165, 1.54) is 27.0 Å². The number of nitrogens with zero attached hydrogens (tertiary/aromatic N) is 2. The fourth-order valence-corrected chi connectivity index (χ4v) is 7.81. The lowest BCUT2D eigenvalue weighted by molar-refractivity contribution is -0.117. The van der Waals surface area contributed by atoms with E-state index in [9.17, 15) is 18.0 Å². The SMILES string of the molecule is CCOC(=O)c1c(NC(=O)CN2CCN(S(=O)(=O)c3cccs3)CC2)sc2c1CCC2. The minimum absolute atomic E-state index is 0.151. The number of carbonyl (C=O) groups excluding carboxylic acids is 2. The second kappa shape index (κ2) is 9.37. The summed E-state index contributed by atoms with van der Waals surface area (Å²) in [5.41, 5.74) is 1.51. The molecule has 0 unspecified atom stereocenters. The number of esters is 1. The van der Waals surface area contributed by atoms with Crippen molar-refractivity contribution in [3.63, 3.8) is 0 Å². The van der Waals surface area contributed by atoms with Gasteiger partial charge in [-0.1, -0.05) is 6.07 Å². The van der Waals surface area contributed by atoms with Crippen molar-refractivity contribution >= 4 is 49.6 Å². The highest BCUT2D eigenvalue weighted by atomic mass is 32.2. The van der Waals surface area contributed by atoms with Crippen molar-refractivity contribution in [3.05, 3.63) is 33.5 Å². The number of anilines is 1. The largest absolute Gasteiger partial charge is 0.462 e. The van der Waals surface area contributed by atoms with Crippen molar-refractivity contribution in [1.82, 2.24) is 9.21 Å². The summed E-state index contributed by atoms with van der Waals surface area (Å²) >= 11 is 2.67. The highest BCUT2D eigenvalue weighted by Gasteiger charge is 2.31. The smallest absolute Gasteiger partial charge is 0.341 e. The molecule has 2 aromatic heterocycles. The van der Waals surface area contributed by atoms with Crippen LogP contribution in [0, 0.1) is 0 Å². The maximum absolute atomic E-state index is 12.7. The van der Waals surface area contributed by atoms with E-state index in [2.05, 4.69) is 5.32 Å². The molecule has 0 spiro atoms. The molecule has 8 nitrogen and oxygen atoms in total. The van der Waals surface area contributed by atoms with E-state index >= 15 is 0 Å². The molecule has 2 aliphatic rings. The lowest BCUT2D eigenvalue weighted by atomic mass is 10.1. The second-order valence-electron chi connectivity index (χ2n) is 7.44. The zero-order chi connectivity index (χ0) is 22.0. The van der Waals surface area contributed by atoms with E-state index in [4.69, 9.17) is 4.74 Å². The molecule has 11 heteroatoms. The van der Waals surface area contributed by atoms with Crippen molar-refractivity contribution in [3.8, 4) is 0 Å². The minimum Gasteiger partial charge on any atom is -0.462 e. The Balaban J connectivity index is 1.36.